The monoisotopic (exact) mass is 1200 g/mol. The number of ketones is 2. The fourth-order valence-corrected chi connectivity index (χ4v) is 9.89. The first-order chi connectivity index (χ1) is 40.4. The van der Waals surface area contributed by atoms with E-state index in [2.05, 4.69) is 54.5 Å². The molecular formula is C59H103N15O11. The molecule has 1 aliphatic heterocycles. The van der Waals surface area contributed by atoms with E-state index in [0.717, 1.165) is 25.7 Å². The number of carbonyl (C=O) groups excluding carboxylic acids is 10. The van der Waals surface area contributed by atoms with E-state index in [1.54, 1.807) is 30.3 Å². The zero-order chi connectivity index (χ0) is 63.4. The van der Waals surface area contributed by atoms with E-state index in [9.17, 15) is 53.1 Å². The number of hydrogen-bond donors (Lipinski definition) is 15. The van der Waals surface area contributed by atoms with Gasteiger partial charge >= 0.3 is 0 Å². The van der Waals surface area contributed by atoms with Gasteiger partial charge in [0.2, 0.25) is 47.3 Å². The van der Waals surface area contributed by atoms with Crippen molar-refractivity contribution in [2.75, 3.05) is 39.3 Å². The summed E-state index contributed by atoms with van der Waals surface area (Å²) in [6.45, 7) is 9.00. The maximum atomic E-state index is 15.0. The summed E-state index contributed by atoms with van der Waals surface area (Å²) >= 11 is 0. The van der Waals surface area contributed by atoms with Crippen LogP contribution in [0.1, 0.15) is 156 Å². The second-order valence-corrected chi connectivity index (χ2v) is 23.1. The second-order valence-electron chi connectivity index (χ2n) is 23.1. The Morgan fingerprint density at radius 3 is 1.79 bits per heavy atom. The summed E-state index contributed by atoms with van der Waals surface area (Å²) in [5, 5.41) is 32.6. The van der Waals surface area contributed by atoms with Crippen LogP contribution >= 0.6 is 0 Å². The average molecular weight is 1200 g/mol. The van der Waals surface area contributed by atoms with Gasteiger partial charge in [-0.15, -0.1) is 0 Å². The highest BCUT2D eigenvalue weighted by Crippen LogP contribution is 2.20. The number of nitrogens with zero attached hydrogens (tertiary/aromatic N) is 1. The molecule has 1 aliphatic rings. The highest BCUT2D eigenvalue weighted by Gasteiger charge is 2.36. The third kappa shape index (κ3) is 30.3. The number of rotatable bonds is 32. The predicted molar refractivity (Wildman–Crippen MR) is 325 cm³/mol. The maximum absolute atomic E-state index is 15.0. The number of benzene rings is 1. The molecule has 1 aromatic rings. The summed E-state index contributed by atoms with van der Waals surface area (Å²) in [5.74, 6) is -9.83. The van der Waals surface area contributed by atoms with E-state index in [1.807, 2.05) is 27.7 Å². The number of hydrogen-bond acceptors (Lipinski definition) is 16. The van der Waals surface area contributed by atoms with Crippen molar-refractivity contribution in [3.8, 4) is 0 Å². The molecule has 1 fully saturated rings. The Hall–Kier alpha value is -6.61. The molecule has 0 spiro atoms. The van der Waals surface area contributed by atoms with Crippen molar-refractivity contribution >= 4 is 64.8 Å². The average Bonchev–Trinajstić information content (AvgIpc) is 3.67. The molecule has 1 saturated heterocycles. The Morgan fingerprint density at radius 1 is 0.659 bits per heavy atom. The predicted octanol–water partition coefficient (Wildman–Crippen LogP) is -1.05. The van der Waals surface area contributed by atoms with Crippen molar-refractivity contribution in [1.82, 2.24) is 42.5 Å². The van der Waals surface area contributed by atoms with E-state index in [1.165, 1.54) is 0 Å². The first kappa shape index (κ1) is 74.5. The lowest BCUT2D eigenvalue weighted by molar-refractivity contribution is -0.136. The zero-order valence-electron chi connectivity index (χ0n) is 50.9. The van der Waals surface area contributed by atoms with E-state index in [-0.39, 0.29) is 121 Å². The summed E-state index contributed by atoms with van der Waals surface area (Å²) in [6, 6.07) is 0.181. The molecule has 0 bridgehead atoms. The van der Waals surface area contributed by atoms with Crippen molar-refractivity contribution in [2.45, 2.75) is 205 Å². The van der Waals surface area contributed by atoms with E-state index < -0.39 is 132 Å². The molecule has 0 aromatic heterocycles. The van der Waals surface area contributed by atoms with Gasteiger partial charge in [-0.05, 0) is 108 Å². The molecule has 0 saturated carbocycles. The van der Waals surface area contributed by atoms with Crippen molar-refractivity contribution in [2.24, 2.45) is 63.1 Å². The summed E-state index contributed by atoms with van der Waals surface area (Å²) in [4.78, 5) is 146. The highest BCUT2D eigenvalue weighted by atomic mass is 16.3. The van der Waals surface area contributed by atoms with Crippen LogP contribution in [0.2, 0.25) is 0 Å². The van der Waals surface area contributed by atoms with Gasteiger partial charge in [-0.3, -0.25) is 52.9 Å². The van der Waals surface area contributed by atoms with Crippen molar-refractivity contribution in [1.29, 1.82) is 0 Å². The van der Waals surface area contributed by atoms with E-state index >= 15 is 0 Å². The van der Waals surface area contributed by atoms with Crippen LogP contribution in [0.15, 0.2) is 35.3 Å². The lowest BCUT2D eigenvalue weighted by atomic mass is 9.89. The number of aliphatic imine (C=N–C) groups is 1. The van der Waals surface area contributed by atoms with Crippen molar-refractivity contribution in [3.63, 3.8) is 0 Å². The van der Waals surface area contributed by atoms with Gasteiger partial charge in [-0.1, -0.05) is 97.1 Å². The molecule has 0 unspecified atom stereocenters. The van der Waals surface area contributed by atoms with Crippen molar-refractivity contribution in [3.05, 3.63) is 35.9 Å². The summed E-state index contributed by atoms with van der Waals surface area (Å²) in [7, 11) is 0. The summed E-state index contributed by atoms with van der Waals surface area (Å²) < 4.78 is 0. The van der Waals surface area contributed by atoms with Crippen LogP contribution in [0.25, 0.3) is 0 Å². The quantitative estimate of drug-likeness (QED) is 0.0232. The van der Waals surface area contributed by atoms with Crippen LogP contribution in [-0.2, 0) is 54.4 Å². The minimum absolute atomic E-state index is 0.0117. The van der Waals surface area contributed by atoms with Gasteiger partial charge in [-0.2, -0.15) is 0 Å². The number of amides is 8. The van der Waals surface area contributed by atoms with E-state index in [0.29, 0.717) is 24.8 Å². The van der Waals surface area contributed by atoms with Crippen LogP contribution in [0.4, 0.5) is 0 Å². The SMILES string of the molecule is CCCCCCC[C@@H](O)CC(=O)N[C@H](CCN)C(=O)C[C@H]1CCNC(=O)[C@H](CC(C)C)NC(=O)[C@H](CCN)NC(=O)[C@H](CCN)NC(=O)[C@H](CC(C)C)NC(=O)[C@@H](Cc2ccccc2)CC(=O)[C@H](CCNC(=O)[C@@H](N)CCCN=C(N)N)NC1=O. The third-order valence-corrected chi connectivity index (χ3v) is 14.6. The van der Waals surface area contributed by atoms with Gasteiger partial charge in [0.25, 0.3) is 0 Å². The number of aliphatic hydroxyl groups is 1. The molecule has 1 heterocycles. The number of Topliss-reactive ketones (excluding diaryl/α,β-unsaturated/α-hetero) is 2. The van der Waals surface area contributed by atoms with Gasteiger partial charge in [0.05, 0.1) is 30.7 Å². The topological polar surface area (TPSA) is 456 Å². The molecule has 26 nitrogen and oxygen atoms in total. The van der Waals surface area contributed by atoms with E-state index in [4.69, 9.17) is 34.4 Å². The zero-order valence-corrected chi connectivity index (χ0v) is 50.9. The molecule has 21 N–H and O–H groups in total. The highest BCUT2D eigenvalue weighted by molar-refractivity contribution is 5.98. The van der Waals surface area contributed by atoms with Crippen LogP contribution in [0, 0.1) is 23.7 Å². The van der Waals surface area contributed by atoms with Gasteiger partial charge in [-0.25, -0.2) is 0 Å². The number of nitrogens with one attached hydrogen (secondary N) is 8. The number of unbranched alkanes of at least 4 members (excludes halogenated alkanes) is 4. The molecule has 0 aliphatic carbocycles. The Labute approximate surface area is 502 Å². The lowest BCUT2D eigenvalue weighted by Gasteiger charge is -2.28. The normalized spacial score (nSPS) is 21.9. The Bertz CT molecular complexity index is 2290. The molecular weight excluding hydrogens is 1090 g/mol. The number of aliphatic hydroxyl groups excluding tert-OH is 1. The fraction of sp³-hybridized carbons (Fsp3) is 0.712. The summed E-state index contributed by atoms with van der Waals surface area (Å²) in [5.41, 5.74) is 35.5. The smallest absolute Gasteiger partial charge is 0.243 e. The lowest BCUT2D eigenvalue weighted by Crippen LogP contribution is -2.59. The number of nitrogens with two attached hydrogens (primary N) is 6. The molecule has 0 radical (unpaired) electrons. The molecule has 26 heteroatoms. The van der Waals surface area contributed by atoms with Gasteiger partial charge in [0, 0.05) is 44.3 Å². The van der Waals surface area contributed by atoms with Crippen LogP contribution in [0.3, 0.4) is 0 Å². The molecule has 8 amide bonds. The standard InChI is InChI=1S/C59H103N15O11/c1-6-7-8-9-13-17-41(75)35-51(78)69-43(19-24-60)49(76)33-39-22-28-67-55(82)47(30-36(2)3)74-57(84)46(21-26-62)71-56(83)45(20-25-61)72-58(85)48(31-37(4)5)73-53(80)40(32-38-15-11-10-12-16-38)34-50(77)44(70-52(39)79)23-29-66-54(81)42(63)18-14-27-68-59(64)65/h10-12,15-16,36-37,39-48,75H,6-9,13-14,17-35,60-63H2,1-5H3,(H,66,81)(H,67,82)(H,69,78)(H,70,79)(H,71,83)(H,72,85)(H,73,80)(H,74,84)(H4,64,65,68)/t39-,40+,41-,42+,43-,44+,45+,46+,47+,48+/m1/s1. The molecule has 1 aromatic carbocycles. The first-order valence-electron chi connectivity index (χ1n) is 30.5. The molecule has 85 heavy (non-hydrogen) atoms. The minimum atomic E-state index is -1.42. The fourth-order valence-electron chi connectivity index (χ4n) is 9.89. The largest absolute Gasteiger partial charge is 0.393 e. The maximum Gasteiger partial charge on any atom is 0.243 e. The summed E-state index contributed by atoms with van der Waals surface area (Å²) in [6.07, 6.45) is 2.96. The van der Waals surface area contributed by atoms with Gasteiger partial charge in [0.1, 0.15) is 24.2 Å². The van der Waals surface area contributed by atoms with Crippen LogP contribution in [0.5, 0.6) is 0 Å². The molecule has 480 valence electrons. The van der Waals surface area contributed by atoms with Crippen molar-refractivity contribution < 1.29 is 53.1 Å². The van der Waals surface area contributed by atoms with Crippen LogP contribution < -0.4 is 76.9 Å². The number of carbonyl (C=O) groups is 10. The molecule has 2 rings (SSSR count). The second kappa shape index (κ2) is 41.4. The minimum Gasteiger partial charge on any atom is -0.393 e. The third-order valence-electron chi connectivity index (χ3n) is 14.6. The Balaban J connectivity index is 2.82. The van der Waals surface area contributed by atoms with Crippen LogP contribution in [-0.4, -0.2) is 158 Å². The van der Waals surface area contributed by atoms with Gasteiger partial charge in [0.15, 0.2) is 17.5 Å². The van der Waals surface area contributed by atoms with Gasteiger partial charge < -0.3 is 82.0 Å². The molecule has 10 atom stereocenters. The number of guanidine groups is 1. The first-order valence-corrected chi connectivity index (χ1v) is 30.5. The Morgan fingerprint density at radius 2 is 1.21 bits per heavy atom. The Kier molecular flexibility index (Phi) is 36.3.